The molecule has 0 aliphatic rings. The topological polar surface area (TPSA) is 155 Å². The Morgan fingerprint density at radius 1 is 1.10 bits per heavy atom. The molecule has 0 bridgehead atoms. The third-order valence-electron chi connectivity index (χ3n) is 5.39. The van der Waals surface area contributed by atoms with Crippen molar-refractivity contribution < 1.29 is 41.4 Å². The van der Waals surface area contributed by atoms with E-state index in [0.29, 0.717) is 12.1 Å². The fourth-order valence-corrected chi connectivity index (χ4v) is 5.00. The fraction of sp³-hybridized carbons (Fsp3) is 0.360. The van der Waals surface area contributed by atoms with E-state index in [1.165, 1.54) is 18.3 Å². The maximum Gasteiger partial charge on any atom is 0.490 e. The fourth-order valence-electron chi connectivity index (χ4n) is 3.74. The summed E-state index contributed by atoms with van der Waals surface area (Å²) in [5.41, 5.74) is 3.35. The highest BCUT2D eigenvalue weighted by atomic mass is 32.2. The number of rotatable bonds is 9. The molecule has 3 N–H and O–H groups in total. The van der Waals surface area contributed by atoms with Crippen LogP contribution in [-0.4, -0.2) is 58.6 Å². The van der Waals surface area contributed by atoms with Crippen LogP contribution in [-0.2, 0) is 27.9 Å². The van der Waals surface area contributed by atoms with Gasteiger partial charge in [-0.2, -0.15) is 18.3 Å². The van der Waals surface area contributed by atoms with Crippen LogP contribution in [0.5, 0.6) is 0 Å². The number of aromatic nitrogens is 3. The first-order valence-corrected chi connectivity index (χ1v) is 13.3. The second kappa shape index (κ2) is 12.8. The summed E-state index contributed by atoms with van der Waals surface area (Å²) >= 11 is 0. The molecule has 0 saturated carbocycles. The van der Waals surface area contributed by atoms with Crippen LogP contribution in [0.2, 0.25) is 0 Å². The minimum atomic E-state index is -5.08. The van der Waals surface area contributed by atoms with E-state index < -0.39 is 28.1 Å². The molecule has 3 aromatic rings. The Morgan fingerprint density at radius 2 is 1.73 bits per heavy atom. The number of hydrogen-bond acceptors (Lipinski definition) is 7. The van der Waals surface area contributed by atoms with Crippen molar-refractivity contribution in [2.45, 2.75) is 58.3 Å². The molecule has 0 unspecified atom stereocenters. The zero-order valence-electron chi connectivity index (χ0n) is 22.4. The quantitative estimate of drug-likeness (QED) is 0.332. The van der Waals surface area contributed by atoms with E-state index in [2.05, 4.69) is 21.7 Å². The molecular formula is C25H30F3N5O6S. The van der Waals surface area contributed by atoms with Crippen LogP contribution in [0.1, 0.15) is 46.2 Å². The van der Waals surface area contributed by atoms with Crippen LogP contribution in [0, 0.1) is 20.8 Å². The number of alkyl halides is 3. The lowest BCUT2D eigenvalue weighted by molar-refractivity contribution is -0.192. The van der Waals surface area contributed by atoms with Gasteiger partial charge in [-0.05, 0) is 51.0 Å². The third-order valence-corrected chi connectivity index (χ3v) is 6.93. The van der Waals surface area contributed by atoms with Crippen molar-refractivity contribution in [3.8, 4) is 0 Å². The lowest BCUT2D eigenvalue weighted by Gasteiger charge is -2.21. The maximum atomic E-state index is 12.9. The number of aliphatic carboxylic acids is 1. The lowest BCUT2D eigenvalue weighted by Crippen LogP contribution is -2.23. The number of carboxylic acid groups (broad SMARTS) is 2. The zero-order chi connectivity index (χ0) is 30.4. The van der Waals surface area contributed by atoms with Crippen molar-refractivity contribution in [3.63, 3.8) is 0 Å². The summed E-state index contributed by atoms with van der Waals surface area (Å²) in [6.45, 7) is 8.73. The summed E-state index contributed by atoms with van der Waals surface area (Å²) in [7, 11) is -2.16. The van der Waals surface area contributed by atoms with Gasteiger partial charge in [-0.1, -0.05) is 24.6 Å². The van der Waals surface area contributed by atoms with Crippen molar-refractivity contribution in [1.82, 2.24) is 14.8 Å². The summed E-state index contributed by atoms with van der Waals surface area (Å²) < 4.78 is 61.8. The van der Waals surface area contributed by atoms with Crippen molar-refractivity contribution >= 4 is 33.5 Å². The number of carbonyl (C=O) groups is 2. The molecule has 218 valence electrons. The average Bonchev–Trinajstić information content (AvgIpc) is 3.16. The molecule has 0 atom stereocenters. The highest BCUT2D eigenvalue weighted by molar-refractivity contribution is 7.92. The van der Waals surface area contributed by atoms with E-state index >= 15 is 0 Å². The van der Waals surface area contributed by atoms with Crippen LogP contribution >= 0.6 is 0 Å². The summed E-state index contributed by atoms with van der Waals surface area (Å²) in [6.07, 6.45) is -2.83. The van der Waals surface area contributed by atoms with Crippen LogP contribution < -0.4 is 9.62 Å². The van der Waals surface area contributed by atoms with Gasteiger partial charge in [0, 0.05) is 13.6 Å². The van der Waals surface area contributed by atoms with Crippen molar-refractivity contribution in [1.29, 1.82) is 0 Å². The number of nitrogens with one attached hydrogen (secondary N) is 1. The molecule has 40 heavy (non-hydrogen) atoms. The van der Waals surface area contributed by atoms with Gasteiger partial charge in [-0.3, -0.25) is 9.40 Å². The van der Waals surface area contributed by atoms with E-state index in [9.17, 15) is 31.5 Å². The minimum absolute atomic E-state index is 0.0800. The molecule has 0 radical (unpaired) electrons. The number of benzene rings is 1. The first kappa shape index (κ1) is 32.1. The van der Waals surface area contributed by atoms with Gasteiger partial charge in [-0.15, -0.1) is 0 Å². The number of nitrogens with zero attached hydrogens (tertiary/aromatic N) is 4. The van der Waals surface area contributed by atoms with E-state index in [1.807, 2.05) is 24.6 Å². The predicted octanol–water partition coefficient (Wildman–Crippen LogP) is 4.38. The molecule has 3 rings (SSSR count). The molecule has 0 spiro atoms. The summed E-state index contributed by atoms with van der Waals surface area (Å²) in [4.78, 5) is 27.0. The first-order valence-electron chi connectivity index (χ1n) is 11.8. The molecule has 0 aliphatic carbocycles. The van der Waals surface area contributed by atoms with Crippen molar-refractivity contribution in [2.24, 2.45) is 0 Å². The van der Waals surface area contributed by atoms with Gasteiger partial charge in [0.25, 0.3) is 10.0 Å². The third kappa shape index (κ3) is 8.43. The van der Waals surface area contributed by atoms with Crippen LogP contribution in [0.15, 0.2) is 41.4 Å². The van der Waals surface area contributed by atoms with E-state index in [4.69, 9.17) is 9.90 Å². The van der Waals surface area contributed by atoms with Gasteiger partial charge in [0.1, 0.15) is 11.4 Å². The predicted molar refractivity (Wildman–Crippen MR) is 141 cm³/mol. The second-order valence-electron chi connectivity index (χ2n) is 8.93. The number of halogens is 3. The standard InChI is InChI=1S/C23H29N5O4S.C2HF3O2/c1-6-9-28-19(11-17(4)25-28)14-27(5)22-20(23(29)30)12-18(13-24-22)26-33(31,32)21-8-7-15(2)10-16(21)3;3-2(4,5)1(6)7/h7-8,10-13,26H,6,9,14H2,1-5H3,(H,29,30);(H,6,7). The Labute approximate surface area is 229 Å². The summed E-state index contributed by atoms with van der Waals surface area (Å²) in [5.74, 6) is -3.72. The van der Waals surface area contributed by atoms with Crippen LogP contribution in [0.25, 0.3) is 0 Å². The van der Waals surface area contributed by atoms with E-state index in [0.717, 1.165) is 29.9 Å². The Hall–Kier alpha value is -4.14. The molecule has 0 fully saturated rings. The molecule has 15 heteroatoms. The number of sulfonamides is 1. The minimum Gasteiger partial charge on any atom is -0.478 e. The van der Waals surface area contributed by atoms with Gasteiger partial charge < -0.3 is 15.1 Å². The van der Waals surface area contributed by atoms with Crippen molar-refractivity contribution in [3.05, 3.63) is 64.6 Å². The first-order chi connectivity index (χ1) is 18.5. The SMILES string of the molecule is CCCn1nc(C)cc1CN(C)c1ncc(NS(=O)(=O)c2ccc(C)cc2C)cc1C(=O)O.O=C(O)C(F)(F)F. The highest BCUT2D eigenvalue weighted by Crippen LogP contribution is 2.25. The number of anilines is 2. The Balaban J connectivity index is 0.000000708. The molecular weight excluding hydrogens is 555 g/mol. The maximum absolute atomic E-state index is 12.9. The monoisotopic (exact) mass is 585 g/mol. The summed E-state index contributed by atoms with van der Waals surface area (Å²) in [6, 6.07) is 8.27. The van der Waals surface area contributed by atoms with Gasteiger partial charge in [0.05, 0.1) is 34.7 Å². The largest absolute Gasteiger partial charge is 0.490 e. The van der Waals surface area contributed by atoms with Gasteiger partial charge in [0.15, 0.2) is 0 Å². The van der Waals surface area contributed by atoms with E-state index in [1.54, 1.807) is 31.0 Å². The summed E-state index contributed by atoms with van der Waals surface area (Å²) in [5, 5.41) is 21.4. The van der Waals surface area contributed by atoms with Gasteiger partial charge in [0.2, 0.25) is 0 Å². The number of pyridine rings is 1. The highest BCUT2D eigenvalue weighted by Gasteiger charge is 2.38. The molecule has 2 heterocycles. The number of aromatic carboxylic acids is 1. The normalized spacial score (nSPS) is 11.4. The molecule has 2 aromatic heterocycles. The average molecular weight is 586 g/mol. The van der Waals surface area contributed by atoms with Crippen LogP contribution in [0.3, 0.4) is 0 Å². The van der Waals surface area contributed by atoms with Gasteiger partial charge in [-0.25, -0.2) is 23.0 Å². The Morgan fingerprint density at radius 3 is 2.25 bits per heavy atom. The van der Waals surface area contributed by atoms with Crippen molar-refractivity contribution in [2.75, 3.05) is 16.7 Å². The molecule has 0 aliphatic heterocycles. The van der Waals surface area contributed by atoms with E-state index in [-0.39, 0.29) is 22.0 Å². The number of hydrogen-bond donors (Lipinski definition) is 3. The Kier molecular flexibility index (Phi) is 10.3. The Bertz CT molecular complexity index is 1490. The lowest BCUT2D eigenvalue weighted by atomic mass is 10.2. The molecule has 1 aromatic carbocycles. The molecule has 11 nitrogen and oxygen atoms in total. The number of carboxylic acids is 2. The molecule has 0 amide bonds. The van der Waals surface area contributed by atoms with Crippen LogP contribution in [0.4, 0.5) is 24.7 Å². The number of aryl methyl sites for hydroxylation is 4. The smallest absolute Gasteiger partial charge is 0.478 e. The van der Waals surface area contributed by atoms with Gasteiger partial charge >= 0.3 is 18.1 Å². The second-order valence-corrected chi connectivity index (χ2v) is 10.6. The zero-order valence-corrected chi connectivity index (χ0v) is 23.3. The molecule has 0 saturated heterocycles.